The fraction of sp³-hybridized carbons (Fsp3) is 0.296. The Hall–Kier alpha value is -3.20. The van der Waals surface area contributed by atoms with Gasteiger partial charge in [0.1, 0.15) is 6.54 Å². The van der Waals surface area contributed by atoms with Crippen molar-refractivity contribution in [1.29, 1.82) is 0 Å². The Labute approximate surface area is 207 Å². The molecule has 7 nitrogen and oxygen atoms in total. The first-order chi connectivity index (χ1) is 16.9. The van der Waals surface area contributed by atoms with Gasteiger partial charge in [-0.1, -0.05) is 60.2 Å². The van der Waals surface area contributed by atoms with Gasteiger partial charge in [0.25, 0.3) is 10.0 Å². The van der Waals surface area contributed by atoms with Crippen LogP contribution in [-0.2, 0) is 32.6 Å². The van der Waals surface area contributed by atoms with Crippen molar-refractivity contribution in [2.24, 2.45) is 0 Å². The predicted octanol–water partition coefficient (Wildman–Crippen LogP) is 3.34. The fourth-order valence-electron chi connectivity index (χ4n) is 3.99. The van der Waals surface area contributed by atoms with Gasteiger partial charge in [-0.2, -0.15) is 0 Å². The first-order valence-electron chi connectivity index (χ1n) is 11.7. The Balaban J connectivity index is 1.44. The molecule has 0 spiro atoms. The standard InChI is InChI=1S/C27H31N3O4S/c1-22-10-12-26(13-11-22)35(32,33)30(25-8-3-2-4-9-25)21-27(31)28-19-23-6-5-7-24(18-23)20-29-14-16-34-17-15-29/h2-13,18H,14-17,19-21H2,1H3,(H,28,31). The molecule has 4 rings (SSSR count). The van der Waals surface area contributed by atoms with E-state index in [1.807, 2.05) is 25.1 Å². The number of sulfonamides is 1. The maximum absolute atomic E-state index is 13.4. The SMILES string of the molecule is Cc1ccc(S(=O)(=O)N(CC(=O)NCc2cccc(CN3CCOCC3)c2)c2ccccc2)cc1. The van der Waals surface area contributed by atoms with E-state index in [1.54, 1.807) is 48.5 Å². The van der Waals surface area contributed by atoms with Crippen molar-refractivity contribution in [2.75, 3.05) is 37.2 Å². The van der Waals surface area contributed by atoms with Crippen LogP contribution in [0.1, 0.15) is 16.7 Å². The number of carbonyl (C=O) groups excluding carboxylic acids is 1. The van der Waals surface area contributed by atoms with Crippen molar-refractivity contribution in [3.63, 3.8) is 0 Å². The van der Waals surface area contributed by atoms with E-state index in [0.717, 1.165) is 48.3 Å². The zero-order valence-corrected chi connectivity index (χ0v) is 20.7. The molecule has 1 heterocycles. The summed E-state index contributed by atoms with van der Waals surface area (Å²) in [7, 11) is -3.92. The van der Waals surface area contributed by atoms with Gasteiger partial charge < -0.3 is 10.1 Å². The number of hydrogen-bond acceptors (Lipinski definition) is 5. The molecule has 0 radical (unpaired) electrons. The van der Waals surface area contributed by atoms with E-state index in [4.69, 9.17) is 4.74 Å². The second kappa shape index (κ2) is 11.5. The molecule has 3 aromatic rings. The van der Waals surface area contributed by atoms with Crippen molar-refractivity contribution in [1.82, 2.24) is 10.2 Å². The number of amides is 1. The summed E-state index contributed by atoms with van der Waals surface area (Å²) in [5.74, 6) is -0.372. The fourth-order valence-corrected chi connectivity index (χ4v) is 5.41. The van der Waals surface area contributed by atoms with Crippen LogP contribution in [0.15, 0.2) is 83.8 Å². The number of morpholine rings is 1. The number of aryl methyl sites for hydroxylation is 1. The molecule has 8 heteroatoms. The van der Waals surface area contributed by atoms with Crippen molar-refractivity contribution < 1.29 is 17.9 Å². The molecule has 3 aromatic carbocycles. The molecule has 1 N–H and O–H groups in total. The molecule has 0 saturated carbocycles. The summed E-state index contributed by atoms with van der Waals surface area (Å²) in [6.07, 6.45) is 0. The number of carbonyl (C=O) groups is 1. The lowest BCUT2D eigenvalue weighted by Gasteiger charge is -2.26. The van der Waals surface area contributed by atoms with Crippen LogP contribution in [0.25, 0.3) is 0 Å². The molecule has 184 valence electrons. The molecular weight excluding hydrogens is 462 g/mol. The van der Waals surface area contributed by atoms with E-state index in [0.29, 0.717) is 12.2 Å². The summed E-state index contributed by atoms with van der Waals surface area (Å²) in [4.78, 5) is 15.4. The zero-order valence-electron chi connectivity index (χ0n) is 19.9. The number of nitrogens with zero attached hydrogens (tertiary/aromatic N) is 2. The van der Waals surface area contributed by atoms with E-state index in [1.165, 1.54) is 5.56 Å². The molecule has 0 aliphatic carbocycles. The minimum atomic E-state index is -3.92. The van der Waals surface area contributed by atoms with E-state index in [2.05, 4.69) is 22.3 Å². The molecule has 1 aliphatic rings. The normalized spacial score (nSPS) is 14.4. The van der Waals surface area contributed by atoms with Gasteiger partial charge in [-0.05, 0) is 42.3 Å². The number of anilines is 1. The second-order valence-corrected chi connectivity index (χ2v) is 10.5. The highest BCUT2D eigenvalue weighted by atomic mass is 32.2. The van der Waals surface area contributed by atoms with E-state index >= 15 is 0 Å². The lowest BCUT2D eigenvalue weighted by molar-refractivity contribution is -0.119. The first kappa shape index (κ1) is 24.9. The summed E-state index contributed by atoms with van der Waals surface area (Å²) >= 11 is 0. The van der Waals surface area contributed by atoms with Gasteiger partial charge >= 0.3 is 0 Å². The van der Waals surface area contributed by atoms with E-state index < -0.39 is 10.0 Å². The zero-order chi connectivity index (χ0) is 24.7. The molecular formula is C27H31N3O4S. The summed E-state index contributed by atoms with van der Waals surface area (Å²) in [6, 6.07) is 23.4. The van der Waals surface area contributed by atoms with E-state index in [-0.39, 0.29) is 17.3 Å². The third kappa shape index (κ3) is 6.69. The maximum Gasteiger partial charge on any atom is 0.264 e. The molecule has 1 aliphatic heterocycles. The molecule has 1 amide bonds. The van der Waals surface area contributed by atoms with Crippen LogP contribution < -0.4 is 9.62 Å². The molecule has 1 saturated heterocycles. The average molecular weight is 494 g/mol. The predicted molar refractivity (Wildman–Crippen MR) is 137 cm³/mol. The third-order valence-corrected chi connectivity index (χ3v) is 7.72. The highest BCUT2D eigenvalue weighted by molar-refractivity contribution is 7.92. The van der Waals surface area contributed by atoms with Crippen molar-refractivity contribution in [2.45, 2.75) is 24.9 Å². The summed E-state index contributed by atoms with van der Waals surface area (Å²) in [5, 5.41) is 2.88. The average Bonchev–Trinajstić information content (AvgIpc) is 2.87. The summed E-state index contributed by atoms with van der Waals surface area (Å²) in [5.41, 5.74) is 3.54. The highest BCUT2D eigenvalue weighted by Gasteiger charge is 2.27. The minimum Gasteiger partial charge on any atom is -0.379 e. The molecule has 0 aromatic heterocycles. The largest absolute Gasteiger partial charge is 0.379 e. The van der Waals surface area contributed by atoms with Gasteiger partial charge in [0.15, 0.2) is 0 Å². The topological polar surface area (TPSA) is 79.0 Å². The molecule has 0 unspecified atom stereocenters. The van der Waals surface area contributed by atoms with Crippen LogP contribution in [0, 0.1) is 6.92 Å². The van der Waals surface area contributed by atoms with Gasteiger partial charge in [-0.3, -0.25) is 14.0 Å². The number of benzene rings is 3. The number of nitrogens with one attached hydrogen (secondary N) is 1. The minimum absolute atomic E-state index is 0.149. The van der Waals surface area contributed by atoms with Crippen molar-refractivity contribution in [3.8, 4) is 0 Å². The lowest BCUT2D eigenvalue weighted by Crippen LogP contribution is -2.40. The quantitative estimate of drug-likeness (QED) is 0.495. The Bertz CT molecular complexity index is 1220. The smallest absolute Gasteiger partial charge is 0.264 e. The van der Waals surface area contributed by atoms with Crippen molar-refractivity contribution >= 4 is 21.6 Å². The Kier molecular flexibility index (Phi) is 8.17. The van der Waals surface area contributed by atoms with Crippen LogP contribution in [0.2, 0.25) is 0 Å². The van der Waals surface area contributed by atoms with Gasteiger partial charge in [-0.15, -0.1) is 0 Å². The van der Waals surface area contributed by atoms with Gasteiger partial charge in [0, 0.05) is 26.2 Å². The number of ether oxygens (including phenoxy) is 1. The maximum atomic E-state index is 13.4. The Morgan fingerprint density at radius 1 is 0.943 bits per heavy atom. The monoisotopic (exact) mass is 493 g/mol. The molecule has 0 bridgehead atoms. The number of para-hydroxylation sites is 1. The highest BCUT2D eigenvalue weighted by Crippen LogP contribution is 2.23. The molecule has 0 atom stereocenters. The van der Waals surface area contributed by atoms with Gasteiger partial charge in [-0.25, -0.2) is 8.42 Å². The molecule has 1 fully saturated rings. The Morgan fingerprint density at radius 2 is 1.63 bits per heavy atom. The van der Waals surface area contributed by atoms with Crippen molar-refractivity contribution in [3.05, 3.63) is 95.6 Å². The van der Waals surface area contributed by atoms with Gasteiger partial charge in [0.2, 0.25) is 5.91 Å². The van der Waals surface area contributed by atoms with Crippen LogP contribution in [-0.4, -0.2) is 52.1 Å². The summed E-state index contributed by atoms with van der Waals surface area (Å²) in [6.45, 7) is 6.06. The van der Waals surface area contributed by atoms with Crippen LogP contribution in [0.3, 0.4) is 0 Å². The summed E-state index contributed by atoms with van der Waals surface area (Å²) < 4.78 is 33.4. The second-order valence-electron chi connectivity index (χ2n) is 8.65. The Morgan fingerprint density at radius 3 is 2.34 bits per heavy atom. The third-order valence-electron chi connectivity index (χ3n) is 5.93. The molecule has 35 heavy (non-hydrogen) atoms. The first-order valence-corrected chi connectivity index (χ1v) is 13.1. The van der Waals surface area contributed by atoms with Crippen LogP contribution >= 0.6 is 0 Å². The van der Waals surface area contributed by atoms with Gasteiger partial charge in [0.05, 0.1) is 23.8 Å². The van der Waals surface area contributed by atoms with Crippen LogP contribution in [0.4, 0.5) is 5.69 Å². The number of rotatable bonds is 9. The number of hydrogen-bond donors (Lipinski definition) is 1. The lowest BCUT2D eigenvalue weighted by atomic mass is 10.1. The van der Waals surface area contributed by atoms with Crippen LogP contribution in [0.5, 0.6) is 0 Å². The van der Waals surface area contributed by atoms with E-state index in [9.17, 15) is 13.2 Å².